The predicted molar refractivity (Wildman–Crippen MR) is 92.6 cm³/mol. The van der Waals surface area contributed by atoms with E-state index in [0.29, 0.717) is 30.9 Å². The fraction of sp³-hybridized carbons (Fsp3) is 0.500. The summed E-state index contributed by atoms with van der Waals surface area (Å²) in [5.41, 5.74) is 0.390. The molecule has 2 saturated heterocycles. The molecule has 0 radical (unpaired) electrons. The molecule has 0 bridgehead atoms. The van der Waals surface area contributed by atoms with Crippen LogP contribution in [0.2, 0.25) is 0 Å². The molecule has 3 unspecified atom stereocenters. The highest BCUT2D eigenvalue weighted by Gasteiger charge is 2.40. The third-order valence-electron chi connectivity index (χ3n) is 4.60. The highest BCUT2D eigenvalue weighted by Crippen LogP contribution is 2.23. The van der Waals surface area contributed by atoms with Crippen LogP contribution in [0.4, 0.5) is 0 Å². The largest absolute Gasteiger partial charge is 0.494 e. The maximum atomic E-state index is 12.9. The van der Waals surface area contributed by atoms with Crippen molar-refractivity contribution in [2.75, 3.05) is 19.7 Å². The Morgan fingerprint density at radius 3 is 2.92 bits per heavy atom. The van der Waals surface area contributed by atoms with Crippen molar-refractivity contribution >= 4 is 17.7 Å². The Labute approximate surface area is 151 Å². The van der Waals surface area contributed by atoms with Gasteiger partial charge in [0.2, 0.25) is 11.8 Å². The van der Waals surface area contributed by atoms with E-state index in [2.05, 4.69) is 10.6 Å². The maximum Gasteiger partial charge on any atom is 0.254 e. The zero-order chi connectivity index (χ0) is 18.7. The number of ether oxygens (including phenoxy) is 1. The first kappa shape index (κ1) is 18.2. The van der Waals surface area contributed by atoms with Crippen molar-refractivity contribution in [3.8, 4) is 5.75 Å². The van der Waals surface area contributed by atoms with Crippen LogP contribution in [0, 0.1) is 0 Å². The lowest BCUT2D eigenvalue weighted by atomic mass is 10.1. The predicted octanol–water partition coefficient (Wildman–Crippen LogP) is -0.335. The van der Waals surface area contributed by atoms with Crippen LogP contribution in [-0.4, -0.2) is 65.6 Å². The van der Waals surface area contributed by atoms with Crippen LogP contribution in [0.25, 0.3) is 0 Å². The number of nitrogens with one attached hydrogen (secondary N) is 2. The monoisotopic (exact) mass is 361 g/mol. The van der Waals surface area contributed by atoms with Gasteiger partial charge in [-0.15, -0.1) is 0 Å². The number of aliphatic hydroxyl groups is 1. The molecule has 0 aromatic heterocycles. The zero-order valence-corrected chi connectivity index (χ0v) is 14.6. The van der Waals surface area contributed by atoms with Gasteiger partial charge >= 0.3 is 0 Å². The number of hydrogen-bond acceptors (Lipinski definition) is 5. The lowest BCUT2D eigenvalue weighted by Gasteiger charge is -2.25. The summed E-state index contributed by atoms with van der Waals surface area (Å²) in [6.45, 7) is 2.93. The molecule has 3 atom stereocenters. The average molecular weight is 361 g/mol. The van der Waals surface area contributed by atoms with E-state index in [0.717, 1.165) is 0 Å². The van der Waals surface area contributed by atoms with Crippen LogP contribution in [0.3, 0.4) is 0 Å². The molecule has 0 spiro atoms. The van der Waals surface area contributed by atoms with Gasteiger partial charge in [0.25, 0.3) is 5.91 Å². The number of β-amino-alcohol motifs (C(OH)–C–C–N with tert-alkyl or cyclic N) is 1. The van der Waals surface area contributed by atoms with Gasteiger partial charge in [0.05, 0.1) is 12.7 Å². The van der Waals surface area contributed by atoms with Crippen molar-refractivity contribution in [2.24, 2.45) is 0 Å². The van der Waals surface area contributed by atoms with Crippen LogP contribution < -0.4 is 15.4 Å². The summed E-state index contributed by atoms with van der Waals surface area (Å²) >= 11 is 0. The first-order valence-corrected chi connectivity index (χ1v) is 8.79. The second-order valence-corrected chi connectivity index (χ2v) is 6.46. The van der Waals surface area contributed by atoms with E-state index in [4.69, 9.17) is 4.74 Å². The molecule has 1 aromatic rings. The number of nitrogens with zero attached hydrogens (tertiary/aromatic N) is 1. The quantitative estimate of drug-likeness (QED) is 0.665. The fourth-order valence-corrected chi connectivity index (χ4v) is 3.34. The van der Waals surface area contributed by atoms with Crippen molar-refractivity contribution < 1.29 is 24.2 Å². The summed E-state index contributed by atoms with van der Waals surface area (Å²) in [6.07, 6.45) is -0.108. The van der Waals surface area contributed by atoms with Crippen LogP contribution in [-0.2, 0) is 9.59 Å². The molecular weight excluding hydrogens is 338 g/mol. The molecule has 8 nitrogen and oxygen atoms in total. The third kappa shape index (κ3) is 3.80. The summed E-state index contributed by atoms with van der Waals surface area (Å²) < 4.78 is 5.41. The van der Waals surface area contributed by atoms with E-state index in [1.165, 1.54) is 4.90 Å². The van der Waals surface area contributed by atoms with Gasteiger partial charge in [-0.3, -0.25) is 14.4 Å². The molecule has 2 aliphatic rings. The molecule has 1 aromatic carbocycles. The van der Waals surface area contributed by atoms with Crippen molar-refractivity contribution in [1.29, 1.82) is 0 Å². The molecule has 2 aliphatic heterocycles. The normalized spacial score (nSPS) is 25.1. The molecule has 3 amide bonds. The van der Waals surface area contributed by atoms with Gasteiger partial charge in [-0.2, -0.15) is 0 Å². The summed E-state index contributed by atoms with van der Waals surface area (Å²) in [4.78, 5) is 38.5. The lowest BCUT2D eigenvalue weighted by molar-refractivity contribution is -0.129. The Morgan fingerprint density at radius 1 is 1.42 bits per heavy atom. The average Bonchev–Trinajstić information content (AvgIpc) is 3.21. The number of carbonyl (C=O) groups is 3. The number of likely N-dealkylation sites (tertiary alicyclic amines) is 1. The fourth-order valence-electron chi connectivity index (χ4n) is 3.34. The minimum absolute atomic E-state index is 0.0760. The van der Waals surface area contributed by atoms with Crippen molar-refractivity contribution in [2.45, 2.75) is 38.0 Å². The molecular formula is C18H23N3O5. The van der Waals surface area contributed by atoms with Gasteiger partial charge in [0, 0.05) is 25.1 Å². The Morgan fingerprint density at radius 2 is 2.23 bits per heavy atom. The summed E-state index contributed by atoms with van der Waals surface area (Å²) in [5, 5.41) is 15.3. The number of hydrogen-bond donors (Lipinski definition) is 3. The maximum absolute atomic E-state index is 12.9. The number of amides is 3. The van der Waals surface area contributed by atoms with Crippen LogP contribution in [0.5, 0.6) is 5.75 Å². The Kier molecular flexibility index (Phi) is 5.41. The Balaban J connectivity index is 1.74. The van der Waals surface area contributed by atoms with Gasteiger partial charge < -0.3 is 25.4 Å². The van der Waals surface area contributed by atoms with Crippen molar-refractivity contribution in [3.63, 3.8) is 0 Å². The van der Waals surface area contributed by atoms with Crippen LogP contribution >= 0.6 is 0 Å². The lowest BCUT2D eigenvalue weighted by Crippen LogP contribution is -2.50. The summed E-state index contributed by atoms with van der Waals surface area (Å²) in [6, 6.07) is 5.34. The van der Waals surface area contributed by atoms with Crippen molar-refractivity contribution in [1.82, 2.24) is 15.5 Å². The minimum Gasteiger partial charge on any atom is -0.494 e. The molecule has 2 heterocycles. The van der Waals surface area contributed by atoms with E-state index in [-0.39, 0.29) is 24.8 Å². The van der Waals surface area contributed by atoms with Crippen LogP contribution in [0.15, 0.2) is 24.3 Å². The van der Waals surface area contributed by atoms with Gasteiger partial charge in [-0.25, -0.2) is 0 Å². The standard InChI is InChI=1S/C18H23N3O5/c1-2-26-13-5-3-4-11(8-13)18(25)21-10-12(22)9-15(21)17(24)20-14-6-7-19-16(14)23/h3-5,8,12,14-15,22H,2,6-7,9-10H2,1H3,(H,19,23)(H,20,24). The molecule has 2 fully saturated rings. The number of benzene rings is 1. The highest BCUT2D eigenvalue weighted by atomic mass is 16.5. The second kappa shape index (κ2) is 7.74. The van der Waals surface area contributed by atoms with Crippen LogP contribution in [0.1, 0.15) is 30.1 Å². The molecule has 8 heteroatoms. The van der Waals surface area contributed by atoms with E-state index in [1.807, 2.05) is 6.92 Å². The molecule has 140 valence electrons. The van der Waals surface area contributed by atoms with Gasteiger partial charge in [0.1, 0.15) is 17.8 Å². The molecule has 3 N–H and O–H groups in total. The topological polar surface area (TPSA) is 108 Å². The van der Waals surface area contributed by atoms with E-state index >= 15 is 0 Å². The second-order valence-electron chi connectivity index (χ2n) is 6.46. The molecule has 0 aliphatic carbocycles. The van der Waals surface area contributed by atoms with Crippen molar-refractivity contribution in [3.05, 3.63) is 29.8 Å². The van der Waals surface area contributed by atoms with E-state index in [9.17, 15) is 19.5 Å². The number of aliphatic hydroxyl groups excluding tert-OH is 1. The molecule has 26 heavy (non-hydrogen) atoms. The zero-order valence-electron chi connectivity index (χ0n) is 14.6. The van der Waals surface area contributed by atoms with E-state index in [1.54, 1.807) is 24.3 Å². The first-order chi connectivity index (χ1) is 12.5. The molecule has 3 rings (SSSR count). The van der Waals surface area contributed by atoms with Gasteiger partial charge in [-0.1, -0.05) is 6.07 Å². The Hall–Kier alpha value is -2.61. The Bertz CT molecular complexity index is 708. The first-order valence-electron chi connectivity index (χ1n) is 8.79. The third-order valence-corrected chi connectivity index (χ3v) is 4.60. The highest BCUT2D eigenvalue weighted by molar-refractivity contribution is 5.99. The van der Waals surface area contributed by atoms with Gasteiger partial charge in [-0.05, 0) is 31.5 Å². The number of rotatable bonds is 5. The van der Waals surface area contributed by atoms with E-state index < -0.39 is 24.1 Å². The summed E-state index contributed by atoms with van der Waals surface area (Å²) in [5.74, 6) is -0.419. The molecule has 0 saturated carbocycles. The minimum atomic E-state index is -0.804. The number of carbonyl (C=O) groups excluding carboxylic acids is 3. The van der Waals surface area contributed by atoms with Gasteiger partial charge in [0.15, 0.2) is 0 Å². The SMILES string of the molecule is CCOc1cccc(C(=O)N2CC(O)CC2C(=O)NC2CCNC2=O)c1. The smallest absolute Gasteiger partial charge is 0.254 e. The summed E-state index contributed by atoms with van der Waals surface area (Å²) in [7, 11) is 0.